The molecule has 0 atom stereocenters. The molecule has 1 aliphatic rings. The van der Waals surface area contributed by atoms with E-state index in [4.69, 9.17) is 14.9 Å². The molecule has 0 bridgehead atoms. The van der Waals surface area contributed by atoms with Gasteiger partial charge in [0.05, 0.1) is 18.0 Å². The van der Waals surface area contributed by atoms with Crippen LogP contribution in [0.25, 0.3) is 0 Å². The zero-order valence-corrected chi connectivity index (χ0v) is 16.7. The van der Waals surface area contributed by atoms with Gasteiger partial charge in [-0.25, -0.2) is 4.79 Å². The van der Waals surface area contributed by atoms with Gasteiger partial charge in [-0.2, -0.15) is 0 Å². The minimum Gasteiger partial charge on any atom is -0.507 e. The molecule has 0 fully saturated rings. The van der Waals surface area contributed by atoms with Gasteiger partial charge in [0.25, 0.3) is 0 Å². The largest absolute Gasteiger partial charge is 0.507 e. The van der Waals surface area contributed by atoms with Crippen LogP contribution < -0.4 is 9.80 Å². The maximum atomic E-state index is 10.3. The van der Waals surface area contributed by atoms with Crippen LogP contribution in [0.1, 0.15) is 36.5 Å². The molecule has 1 aliphatic heterocycles. The molecule has 152 valence electrons. The van der Waals surface area contributed by atoms with Gasteiger partial charge in [-0.05, 0) is 37.1 Å². The first-order chi connectivity index (χ1) is 13.6. The molecule has 0 unspecified atom stereocenters. The second-order valence-electron chi connectivity index (χ2n) is 6.68. The van der Waals surface area contributed by atoms with Gasteiger partial charge in [-0.15, -0.1) is 0 Å². The van der Waals surface area contributed by atoms with Crippen molar-refractivity contribution < 1.29 is 19.7 Å². The molecule has 2 aromatic carbocycles. The number of ether oxygens (including phenoxy) is 1. The Morgan fingerprint density at radius 1 is 1.00 bits per heavy atom. The molecule has 0 saturated carbocycles. The van der Waals surface area contributed by atoms with Crippen molar-refractivity contribution in [1.82, 2.24) is 0 Å². The highest BCUT2D eigenvalue weighted by atomic mass is 16.5. The highest BCUT2D eigenvalue weighted by Crippen LogP contribution is 2.35. The number of carbonyl (C=O) groups is 1. The Balaban J connectivity index is 0.000000237. The SMILES string of the molecule is CCCCN1CN(CCCOC)c2ccccc21.O=C(O)c1ccccc1O. The molecule has 0 saturated heterocycles. The van der Waals surface area contributed by atoms with Crippen molar-refractivity contribution in [1.29, 1.82) is 0 Å². The second-order valence-corrected chi connectivity index (χ2v) is 6.68. The van der Waals surface area contributed by atoms with Crippen LogP contribution in [0, 0.1) is 0 Å². The summed E-state index contributed by atoms with van der Waals surface area (Å²) in [6.07, 6.45) is 3.61. The van der Waals surface area contributed by atoms with E-state index >= 15 is 0 Å². The molecule has 0 aliphatic carbocycles. The van der Waals surface area contributed by atoms with Crippen molar-refractivity contribution in [3.05, 3.63) is 54.1 Å². The van der Waals surface area contributed by atoms with Crippen LogP contribution in [0.2, 0.25) is 0 Å². The Hall–Kier alpha value is -2.73. The lowest BCUT2D eigenvalue weighted by Crippen LogP contribution is -2.32. The summed E-state index contributed by atoms with van der Waals surface area (Å²) in [5.74, 6) is -1.31. The third-order valence-corrected chi connectivity index (χ3v) is 4.60. The Bertz CT molecular complexity index is 751. The molecule has 3 rings (SSSR count). The van der Waals surface area contributed by atoms with E-state index in [1.165, 1.54) is 36.3 Å². The number of carboxylic acids is 1. The van der Waals surface area contributed by atoms with Gasteiger partial charge in [0.2, 0.25) is 0 Å². The lowest BCUT2D eigenvalue weighted by atomic mass is 10.2. The molecule has 6 nitrogen and oxygen atoms in total. The van der Waals surface area contributed by atoms with Crippen LogP contribution in [-0.2, 0) is 4.74 Å². The van der Waals surface area contributed by atoms with Crippen LogP contribution in [0.15, 0.2) is 48.5 Å². The fourth-order valence-electron chi connectivity index (χ4n) is 3.14. The topological polar surface area (TPSA) is 73.2 Å². The number of methoxy groups -OCH3 is 1. The number of aromatic carboxylic acids is 1. The first kappa shape index (κ1) is 21.6. The van der Waals surface area contributed by atoms with Crippen LogP contribution in [-0.4, -0.2) is 49.7 Å². The van der Waals surface area contributed by atoms with E-state index in [2.05, 4.69) is 41.0 Å². The lowest BCUT2D eigenvalue weighted by Gasteiger charge is -2.21. The number of para-hydroxylation sites is 3. The number of aromatic hydroxyl groups is 1. The zero-order valence-electron chi connectivity index (χ0n) is 16.7. The van der Waals surface area contributed by atoms with E-state index < -0.39 is 5.97 Å². The van der Waals surface area contributed by atoms with E-state index in [1.807, 2.05) is 0 Å². The standard InChI is InChI=1S/C15H24N2O.C7H6O3/c1-3-4-10-16-13-17(11-7-12-18-2)15-9-6-5-8-14(15)16;8-6-4-2-1-3-5(6)7(9)10/h5-6,8-9H,3-4,7,10-13H2,1-2H3;1-4,8H,(H,9,10). The number of carboxylic acid groups (broad SMARTS) is 1. The minimum absolute atomic E-state index is 0.0671. The number of nitrogens with zero attached hydrogens (tertiary/aromatic N) is 2. The summed E-state index contributed by atoms with van der Waals surface area (Å²) in [5, 5.41) is 17.3. The second kappa shape index (κ2) is 11.2. The normalized spacial score (nSPS) is 12.4. The van der Waals surface area contributed by atoms with Crippen LogP contribution in [0.5, 0.6) is 5.75 Å². The number of benzene rings is 2. The zero-order chi connectivity index (χ0) is 20.4. The first-order valence-corrected chi connectivity index (χ1v) is 9.67. The van der Waals surface area contributed by atoms with Crippen LogP contribution in [0.4, 0.5) is 11.4 Å². The molecular weight excluding hydrogens is 356 g/mol. The Morgan fingerprint density at radius 2 is 1.57 bits per heavy atom. The van der Waals surface area contributed by atoms with E-state index in [9.17, 15) is 4.79 Å². The van der Waals surface area contributed by atoms with E-state index in [-0.39, 0.29) is 11.3 Å². The van der Waals surface area contributed by atoms with Crippen LogP contribution >= 0.6 is 0 Å². The number of fused-ring (bicyclic) bond motifs is 1. The molecule has 0 amide bonds. The smallest absolute Gasteiger partial charge is 0.339 e. The molecular formula is C22H30N2O4. The maximum absolute atomic E-state index is 10.3. The fourth-order valence-corrected chi connectivity index (χ4v) is 3.14. The number of phenols is 1. The van der Waals surface area contributed by atoms with Gasteiger partial charge in [0, 0.05) is 26.8 Å². The number of rotatable bonds is 8. The summed E-state index contributed by atoms with van der Waals surface area (Å²) >= 11 is 0. The van der Waals surface area contributed by atoms with Crippen molar-refractivity contribution in [2.45, 2.75) is 26.2 Å². The first-order valence-electron chi connectivity index (χ1n) is 9.67. The predicted octanol–water partition coefficient (Wildman–Crippen LogP) is 4.20. The van der Waals surface area contributed by atoms with E-state index in [0.717, 1.165) is 32.8 Å². The maximum Gasteiger partial charge on any atom is 0.339 e. The predicted molar refractivity (Wildman–Crippen MR) is 112 cm³/mol. The number of hydrogen-bond donors (Lipinski definition) is 2. The molecule has 0 radical (unpaired) electrons. The van der Waals surface area contributed by atoms with Crippen molar-refractivity contribution in [2.24, 2.45) is 0 Å². The van der Waals surface area contributed by atoms with Crippen molar-refractivity contribution in [3.63, 3.8) is 0 Å². The van der Waals surface area contributed by atoms with Gasteiger partial charge in [0.1, 0.15) is 11.3 Å². The third kappa shape index (κ3) is 5.89. The summed E-state index contributed by atoms with van der Waals surface area (Å²) in [4.78, 5) is 15.2. The summed E-state index contributed by atoms with van der Waals surface area (Å²) in [6.45, 7) is 6.36. The van der Waals surface area contributed by atoms with E-state index in [1.54, 1.807) is 19.2 Å². The van der Waals surface area contributed by atoms with Gasteiger partial charge in [0.15, 0.2) is 0 Å². The third-order valence-electron chi connectivity index (χ3n) is 4.60. The van der Waals surface area contributed by atoms with E-state index in [0.29, 0.717) is 0 Å². The van der Waals surface area contributed by atoms with Gasteiger partial charge < -0.3 is 24.7 Å². The molecule has 2 aromatic rings. The summed E-state index contributed by atoms with van der Waals surface area (Å²) in [7, 11) is 1.77. The van der Waals surface area contributed by atoms with Gasteiger partial charge in [-0.3, -0.25) is 0 Å². The summed E-state index contributed by atoms with van der Waals surface area (Å²) in [6, 6.07) is 14.5. The number of anilines is 2. The highest BCUT2D eigenvalue weighted by Gasteiger charge is 2.24. The lowest BCUT2D eigenvalue weighted by molar-refractivity contribution is 0.0693. The average Bonchev–Trinajstić information content (AvgIpc) is 3.05. The van der Waals surface area contributed by atoms with Gasteiger partial charge >= 0.3 is 5.97 Å². The number of unbranched alkanes of at least 4 members (excludes halogenated alkanes) is 1. The molecule has 1 heterocycles. The monoisotopic (exact) mass is 386 g/mol. The average molecular weight is 386 g/mol. The summed E-state index contributed by atoms with van der Waals surface area (Å²) < 4.78 is 5.14. The number of hydrogen-bond acceptors (Lipinski definition) is 5. The molecule has 2 N–H and O–H groups in total. The minimum atomic E-state index is -1.11. The van der Waals surface area contributed by atoms with Crippen molar-refractivity contribution >= 4 is 17.3 Å². The van der Waals surface area contributed by atoms with Crippen molar-refractivity contribution in [3.8, 4) is 5.75 Å². The van der Waals surface area contributed by atoms with Crippen LogP contribution in [0.3, 0.4) is 0 Å². The molecule has 0 spiro atoms. The highest BCUT2D eigenvalue weighted by molar-refractivity contribution is 5.90. The Morgan fingerprint density at radius 3 is 2.07 bits per heavy atom. The fraction of sp³-hybridized carbons (Fsp3) is 0.409. The Labute approximate surface area is 167 Å². The Kier molecular flexibility index (Phi) is 8.62. The molecule has 0 aromatic heterocycles. The van der Waals surface area contributed by atoms with Crippen molar-refractivity contribution in [2.75, 3.05) is 43.3 Å². The van der Waals surface area contributed by atoms with Gasteiger partial charge in [-0.1, -0.05) is 37.6 Å². The molecule has 28 heavy (non-hydrogen) atoms. The molecule has 6 heteroatoms. The quantitative estimate of drug-likeness (QED) is 0.663. The summed E-state index contributed by atoms with van der Waals surface area (Å²) in [5.41, 5.74) is 2.70.